The summed E-state index contributed by atoms with van der Waals surface area (Å²) >= 11 is 12.1. The first kappa shape index (κ1) is 21.7. The molecule has 0 aliphatic heterocycles. The Morgan fingerprint density at radius 1 is 1.22 bits per heavy atom. The maximum atomic E-state index is 6.14. The number of rotatable bonds is 6. The molecule has 0 saturated carbocycles. The van der Waals surface area contributed by atoms with Crippen molar-refractivity contribution in [3.63, 3.8) is 0 Å². The highest BCUT2D eigenvalue weighted by molar-refractivity contribution is 6.42. The third-order valence-corrected chi connectivity index (χ3v) is 5.15. The maximum Gasteiger partial charge on any atom is 0.231 e. The lowest BCUT2D eigenvalue weighted by atomic mass is 10.1. The molecule has 0 bridgehead atoms. The molecule has 0 spiro atoms. The summed E-state index contributed by atoms with van der Waals surface area (Å²) in [6.45, 7) is 6.06. The van der Waals surface area contributed by atoms with E-state index in [0.29, 0.717) is 34.2 Å². The van der Waals surface area contributed by atoms with E-state index in [9.17, 15) is 0 Å². The molecule has 1 unspecified atom stereocenters. The van der Waals surface area contributed by atoms with Crippen LogP contribution in [0, 0.1) is 13.8 Å². The van der Waals surface area contributed by atoms with E-state index in [2.05, 4.69) is 27.5 Å². The second kappa shape index (κ2) is 9.06. The summed E-state index contributed by atoms with van der Waals surface area (Å²) in [5.41, 5.74) is 3.84. The minimum atomic E-state index is 0. The van der Waals surface area contributed by atoms with Crippen molar-refractivity contribution in [2.75, 3.05) is 7.05 Å². The van der Waals surface area contributed by atoms with Crippen molar-refractivity contribution in [1.82, 2.24) is 25.2 Å². The van der Waals surface area contributed by atoms with E-state index in [4.69, 9.17) is 27.7 Å². The Morgan fingerprint density at radius 2 is 1.96 bits per heavy atom. The summed E-state index contributed by atoms with van der Waals surface area (Å²) in [5.74, 6) is 1.29. The number of likely N-dealkylation sites (N-methyl/N-ethyl adjacent to an activating group) is 1. The van der Waals surface area contributed by atoms with Gasteiger partial charge in [0.1, 0.15) is 0 Å². The molecule has 1 aromatic carbocycles. The number of nitrogens with one attached hydrogen (secondary N) is 1. The normalized spacial score (nSPS) is 12.1. The molecule has 3 rings (SSSR count). The van der Waals surface area contributed by atoms with E-state index in [1.165, 1.54) is 0 Å². The van der Waals surface area contributed by atoms with Crippen LogP contribution in [-0.2, 0) is 12.8 Å². The first-order valence-corrected chi connectivity index (χ1v) is 9.14. The second-order valence-electron chi connectivity index (χ2n) is 6.33. The second-order valence-corrected chi connectivity index (χ2v) is 7.15. The summed E-state index contributed by atoms with van der Waals surface area (Å²) in [5, 5.41) is 12.9. The molecule has 0 aliphatic carbocycles. The zero-order chi connectivity index (χ0) is 18.8. The smallest absolute Gasteiger partial charge is 0.231 e. The van der Waals surface area contributed by atoms with E-state index in [1.807, 2.05) is 31.6 Å². The van der Waals surface area contributed by atoms with Gasteiger partial charge in [0.15, 0.2) is 5.82 Å². The Bertz CT molecular complexity index is 922. The molecular weight excluding hydrogens is 409 g/mol. The van der Waals surface area contributed by atoms with Crippen LogP contribution in [0.1, 0.15) is 35.6 Å². The number of nitrogens with zero attached hydrogens (tertiary/aromatic N) is 4. The van der Waals surface area contributed by atoms with Crippen LogP contribution in [0.3, 0.4) is 0 Å². The molecule has 9 heteroatoms. The van der Waals surface area contributed by atoms with Gasteiger partial charge in [-0.1, -0.05) is 28.4 Å². The van der Waals surface area contributed by atoms with Crippen molar-refractivity contribution in [1.29, 1.82) is 0 Å². The van der Waals surface area contributed by atoms with Gasteiger partial charge in [-0.15, -0.1) is 12.4 Å². The Balaban J connectivity index is 0.00000261. The van der Waals surface area contributed by atoms with Crippen LogP contribution >= 0.6 is 35.6 Å². The molecule has 0 saturated heterocycles. The fraction of sp³-hybridized carbons (Fsp3) is 0.389. The van der Waals surface area contributed by atoms with Crippen molar-refractivity contribution in [2.24, 2.45) is 0 Å². The largest absolute Gasteiger partial charge is 0.339 e. The van der Waals surface area contributed by atoms with Gasteiger partial charge in [-0.3, -0.25) is 0 Å². The minimum Gasteiger partial charge on any atom is -0.339 e. The van der Waals surface area contributed by atoms with Gasteiger partial charge in [-0.05, 0) is 46.0 Å². The van der Waals surface area contributed by atoms with Crippen LogP contribution < -0.4 is 5.32 Å². The molecule has 27 heavy (non-hydrogen) atoms. The minimum absolute atomic E-state index is 0. The summed E-state index contributed by atoms with van der Waals surface area (Å²) in [6, 6.07) is 5.75. The monoisotopic (exact) mass is 429 g/mol. The van der Waals surface area contributed by atoms with E-state index in [1.54, 1.807) is 12.1 Å². The molecule has 6 nitrogen and oxygen atoms in total. The van der Waals surface area contributed by atoms with E-state index >= 15 is 0 Å². The summed E-state index contributed by atoms with van der Waals surface area (Å²) in [4.78, 5) is 4.49. The predicted octanol–water partition coefficient (Wildman–Crippen LogP) is 4.34. The van der Waals surface area contributed by atoms with Gasteiger partial charge in [0.2, 0.25) is 5.89 Å². The van der Waals surface area contributed by atoms with Crippen molar-refractivity contribution in [3.05, 3.63) is 56.9 Å². The average molecular weight is 431 g/mol. The van der Waals surface area contributed by atoms with E-state index in [0.717, 1.165) is 29.1 Å². The predicted molar refractivity (Wildman–Crippen MR) is 110 cm³/mol. The lowest BCUT2D eigenvalue weighted by molar-refractivity contribution is 0.377. The molecule has 1 atom stereocenters. The molecule has 0 fully saturated rings. The fourth-order valence-electron chi connectivity index (χ4n) is 2.77. The highest BCUT2D eigenvalue weighted by Crippen LogP contribution is 2.26. The Morgan fingerprint density at radius 3 is 2.63 bits per heavy atom. The molecule has 0 aliphatic rings. The average Bonchev–Trinajstić information content (AvgIpc) is 3.16. The van der Waals surface area contributed by atoms with E-state index < -0.39 is 0 Å². The van der Waals surface area contributed by atoms with Crippen LogP contribution in [0.4, 0.5) is 0 Å². The number of hydrogen-bond donors (Lipinski definition) is 1. The van der Waals surface area contributed by atoms with Crippen molar-refractivity contribution < 1.29 is 4.52 Å². The first-order chi connectivity index (χ1) is 12.4. The SMILES string of the molecule is CNC(C)Cc1noc(Cc2c(C)nn(-c3ccc(Cl)c(Cl)c3)c2C)n1.Cl. The lowest BCUT2D eigenvalue weighted by Crippen LogP contribution is -2.24. The van der Waals surface area contributed by atoms with Gasteiger partial charge >= 0.3 is 0 Å². The number of hydrogen-bond acceptors (Lipinski definition) is 5. The number of aryl methyl sites for hydroxylation is 1. The molecule has 2 heterocycles. The summed E-state index contributed by atoms with van der Waals surface area (Å²) in [6.07, 6.45) is 1.26. The molecule has 2 aromatic heterocycles. The Labute approximate surface area is 174 Å². The zero-order valence-corrected chi connectivity index (χ0v) is 17.9. The zero-order valence-electron chi connectivity index (χ0n) is 15.6. The van der Waals surface area contributed by atoms with Crippen LogP contribution in [0.2, 0.25) is 10.0 Å². The van der Waals surface area contributed by atoms with Gasteiger partial charge in [0.05, 0.1) is 27.8 Å². The summed E-state index contributed by atoms with van der Waals surface area (Å²) in [7, 11) is 1.91. The van der Waals surface area contributed by atoms with Crippen LogP contribution in [-0.4, -0.2) is 33.0 Å². The topological polar surface area (TPSA) is 68.8 Å². The number of halogens is 3. The standard InChI is InChI=1S/C18H21Cl2N5O.ClH/c1-10(21-4)7-17-22-18(26-24-17)9-14-11(2)23-25(12(14)3)13-5-6-15(19)16(20)8-13;/h5-6,8,10,21H,7,9H2,1-4H3;1H. The van der Waals surface area contributed by atoms with E-state index in [-0.39, 0.29) is 12.4 Å². The van der Waals surface area contributed by atoms with Gasteiger partial charge in [-0.25, -0.2) is 4.68 Å². The fourth-order valence-corrected chi connectivity index (χ4v) is 3.06. The number of benzene rings is 1. The molecule has 146 valence electrons. The highest BCUT2D eigenvalue weighted by atomic mass is 35.5. The lowest BCUT2D eigenvalue weighted by Gasteiger charge is -2.06. The van der Waals surface area contributed by atoms with Gasteiger partial charge in [0, 0.05) is 23.7 Å². The van der Waals surface area contributed by atoms with Crippen LogP contribution in [0.15, 0.2) is 22.7 Å². The Kier molecular flexibility index (Phi) is 7.28. The van der Waals surface area contributed by atoms with Gasteiger partial charge in [-0.2, -0.15) is 10.1 Å². The Hall–Kier alpha value is -1.60. The molecule has 3 aromatic rings. The van der Waals surface area contributed by atoms with Crippen LogP contribution in [0.25, 0.3) is 5.69 Å². The quantitative estimate of drug-likeness (QED) is 0.630. The summed E-state index contributed by atoms with van der Waals surface area (Å²) < 4.78 is 7.26. The third kappa shape index (κ3) is 4.82. The molecular formula is C18H22Cl3N5O. The first-order valence-electron chi connectivity index (χ1n) is 8.38. The number of aromatic nitrogens is 4. The van der Waals surface area contributed by atoms with Crippen molar-refractivity contribution >= 4 is 35.6 Å². The van der Waals surface area contributed by atoms with Gasteiger partial charge < -0.3 is 9.84 Å². The third-order valence-electron chi connectivity index (χ3n) is 4.41. The van der Waals surface area contributed by atoms with Gasteiger partial charge in [0.25, 0.3) is 0 Å². The molecule has 0 radical (unpaired) electrons. The highest BCUT2D eigenvalue weighted by Gasteiger charge is 2.17. The van der Waals surface area contributed by atoms with Crippen LogP contribution in [0.5, 0.6) is 0 Å². The van der Waals surface area contributed by atoms with Crippen molar-refractivity contribution in [2.45, 2.75) is 39.7 Å². The molecule has 0 amide bonds. The maximum absolute atomic E-state index is 6.14. The van der Waals surface area contributed by atoms with Crippen molar-refractivity contribution in [3.8, 4) is 5.69 Å². The molecule has 1 N–H and O–H groups in total.